The lowest BCUT2D eigenvalue weighted by Crippen LogP contribution is -2.39. The number of carbonyl (C=O) groups excluding carboxylic acids is 1. The smallest absolute Gasteiger partial charge is 0.271 e. The number of carbonyl (C=O) groups is 1. The first-order valence-electron chi connectivity index (χ1n) is 6.10. The molecule has 1 aromatic heterocycles. The number of nitrogens with one attached hydrogen (secondary N) is 1. The van der Waals surface area contributed by atoms with Gasteiger partial charge in [0, 0.05) is 11.3 Å². The molecule has 0 bridgehead atoms. The summed E-state index contributed by atoms with van der Waals surface area (Å²) in [5, 5.41) is 3.80. The fraction of sp³-hybridized carbons (Fsp3) is 0.583. The maximum absolute atomic E-state index is 12.0. The number of nitrogens with zero attached hydrogens (tertiary/aromatic N) is 2. The molecule has 0 aromatic carbocycles. The average Bonchev–Trinajstić information content (AvgIpc) is 2.77. The fourth-order valence-electron chi connectivity index (χ4n) is 2.20. The van der Waals surface area contributed by atoms with Crippen LogP contribution in [0, 0.1) is 0 Å². The van der Waals surface area contributed by atoms with Crippen molar-refractivity contribution < 1.29 is 4.79 Å². The van der Waals surface area contributed by atoms with Crippen molar-refractivity contribution in [1.29, 1.82) is 0 Å². The maximum Gasteiger partial charge on any atom is 0.271 e. The molecule has 6 heteroatoms. The molecule has 0 radical (unpaired) electrons. The van der Waals surface area contributed by atoms with Gasteiger partial charge in [-0.3, -0.25) is 9.78 Å². The molecule has 98 valence electrons. The summed E-state index contributed by atoms with van der Waals surface area (Å²) in [7, 11) is 0. The number of rotatable bonds is 4. The first-order chi connectivity index (χ1) is 8.70. The van der Waals surface area contributed by atoms with Crippen LogP contribution >= 0.6 is 23.4 Å². The van der Waals surface area contributed by atoms with E-state index >= 15 is 0 Å². The third kappa shape index (κ3) is 3.36. The summed E-state index contributed by atoms with van der Waals surface area (Å²) in [6.45, 7) is 2.14. The van der Waals surface area contributed by atoms with Gasteiger partial charge < -0.3 is 5.32 Å². The van der Waals surface area contributed by atoms with Gasteiger partial charge in [-0.15, -0.1) is 0 Å². The Labute approximate surface area is 116 Å². The Hall–Kier alpha value is -0.810. The first kappa shape index (κ1) is 13.6. The van der Waals surface area contributed by atoms with Gasteiger partial charge in [-0.1, -0.05) is 24.9 Å². The van der Waals surface area contributed by atoms with E-state index in [2.05, 4.69) is 22.2 Å². The molecule has 0 aliphatic heterocycles. The van der Waals surface area contributed by atoms with Crippen LogP contribution in [0.4, 0.5) is 0 Å². The highest BCUT2D eigenvalue weighted by Crippen LogP contribution is 2.29. The second kappa shape index (κ2) is 6.38. The Morgan fingerprint density at radius 3 is 3.11 bits per heavy atom. The van der Waals surface area contributed by atoms with E-state index in [9.17, 15) is 4.79 Å². The van der Waals surface area contributed by atoms with E-state index in [0.29, 0.717) is 5.25 Å². The normalized spacial score (nSPS) is 23.0. The van der Waals surface area contributed by atoms with Crippen LogP contribution in [0.1, 0.15) is 36.7 Å². The Morgan fingerprint density at radius 2 is 2.39 bits per heavy atom. The quantitative estimate of drug-likeness (QED) is 0.924. The van der Waals surface area contributed by atoms with Gasteiger partial charge in [0.2, 0.25) is 0 Å². The Bertz CT molecular complexity index is 430. The topological polar surface area (TPSA) is 54.9 Å². The Kier molecular flexibility index (Phi) is 4.83. The second-order valence-corrected chi connectivity index (χ2v) is 6.14. The van der Waals surface area contributed by atoms with E-state index in [1.807, 2.05) is 11.8 Å². The number of hydrogen-bond donors (Lipinski definition) is 1. The highest BCUT2D eigenvalue weighted by molar-refractivity contribution is 7.99. The molecular formula is C12H16ClN3OS. The van der Waals surface area contributed by atoms with Crippen molar-refractivity contribution in [2.75, 3.05) is 5.75 Å². The third-order valence-electron chi connectivity index (χ3n) is 2.99. The van der Waals surface area contributed by atoms with E-state index in [1.165, 1.54) is 25.2 Å². The monoisotopic (exact) mass is 285 g/mol. The zero-order chi connectivity index (χ0) is 13.0. The van der Waals surface area contributed by atoms with Crippen molar-refractivity contribution in [3.8, 4) is 0 Å². The number of hydrogen-bond acceptors (Lipinski definition) is 4. The van der Waals surface area contributed by atoms with Gasteiger partial charge in [0.25, 0.3) is 5.91 Å². The van der Waals surface area contributed by atoms with Crippen LogP contribution in [0.15, 0.2) is 12.4 Å². The second-order valence-electron chi connectivity index (χ2n) is 4.23. The van der Waals surface area contributed by atoms with Crippen LogP contribution in [-0.2, 0) is 0 Å². The molecule has 2 unspecified atom stereocenters. The Balaban J connectivity index is 1.98. The summed E-state index contributed by atoms with van der Waals surface area (Å²) in [4.78, 5) is 19.9. The number of thioether (sulfide) groups is 1. The molecule has 0 spiro atoms. The molecule has 0 saturated heterocycles. The molecule has 18 heavy (non-hydrogen) atoms. The number of aromatic nitrogens is 2. The highest BCUT2D eigenvalue weighted by Gasteiger charge is 2.28. The van der Waals surface area contributed by atoms with Gasteiger partial charge in [0.1, 0.15) is 10.8 Å². The minimum absolute atomic E-state index is 0.182. The molecular weight excluding hydrogens is 270 g/mol. The lowest BCUT2D eigenvalue weighted by atomic mass is 10.2. The van der Waals surface area contributed by atoms with Gasteiger partial charge in [-0.05, 0) is 18.6 Å². The van der Waals surface area contributed by atoms with Crippen molar-refractivity contribution in [3.05, 3.63) is 23.2 Å². The van der Waals surface area contributed by atoms with Gasteiger partial charge >= 0.3 is 0 Å². The SMILES string of the molecule is CCSC1CCCC1NC(=O)c1cncc(Cl)n1. The summed E-state index contributed by atoms with van der Waals surface area (Å²) in [6.07, 6.45) is 6.24. The number of amides is 1. The molecule has 1 amide bonds. The molecule has 1 aliphatic rings. The predicted octanol–water partition coefficient (Wildman–Crippen LogP) is 2.53. The van der Waals surface area contributed by atoms with Gasteiger partial charge in [-0.2, -0.15) is 11.8 Å². The molecule has 1 aliphatic carbocycles. The van der Waals surface area contributed by atoms with Gasteiger partial charge in [0.05, 0.1) is 12.4 Å². The zero-order valence-electron chi connectivity index (χ0n) is 10.2. The Morgan fingerprint density at radius 1 is 1.56 bits per heavy atom. The minimum atomic E-state index is -0.182. The summed E-state index contributed by atoms with van der Waals surface area (Å²) in [5.41, 5.74) is 0.287. The lowest BCUT2D eigenvalue weighted by molar-refractivity contribution is 0.0933. The average molecular weight is 286 g/mol. The molecule has 1 fully saturated rings. The van der Waals surface area contributed by atoms with E-state index in [1.54, 1.807) is 0 Å². The molecule has 1 aromatic rings. The zero-order valence-corrected chi connectivity index (χ0v) is 11.8. The van der Waals surface area contributed by atoms with Crippen molar-refractivity contribution >= 4 is 29.3 Å². The lowest BCUT2D eigenvalue weighted by Gasteiger charge is -2.19. The highest BCUT2D eigenvalue weighted by atomic mass is 35.5. The van der Waals surface area contributed by atoms with Crippen molar-refractivity contribution in [2.24, 2.45) is 0 Å². The van der Waals surface area contributed by atoms with Crippen LogP contribution in [0.5, 0.6) is 0 Å². The van der Waals surface area contributed by atoms with Crippen LogP contribution in [0.2, 0.25) is 5.15 Å². The van der Waals surface area contributed by atoms with E-state index in [4.69, 9.17) is 11.6 Å². The molecule has 1 heterocycles. The van der Waals surface area contributed by atoms with Crippen LogP contribution in [0.3, 0.4) is 0 Å². The summed E-state index contributed by atoms with van der Waals surface area (Å²) < 4.78 is 0. The third-order valence-corrected chi connectivity index (χ3v) is 4.50. The van der Waals surface area contributed by atoms with Gasteiger partial charge in [-0.25, -0.2) is 4.98 Å². The largest absolute Gasteiger partial charge is 0.347 e. The molecule has 1 saturated carbocycles. The molecule has 1 N–H and O–H groups in total. The van der Waals surface area contributed by atoms with Crippen LogP contribution in [0.25, 0.3) is 0 Å². The summed E-state index contributed by atoms with van der Waals surface area (Å²) >= 11 is 7.64. The van der Waals surface area contributed by atoms with Crippen molar-refractivity contribution in [3.63, 3.8) is 0 Å². The van der Waals surface area contributed by atoms with Crippen molar-refractivity contribution in [2.45, 2.75) is 37.5 Å². The first-order valence-corrected chi connectivity index (χ1v) is 7.53. The fourth-order valence-corrected chi connectivity index (χ4v) is 3.54. The summed E-state index contributed by atoms with van der Waals surface area (Å²) in [5.74, 6) is 0.896. The van der Waals surface area contributed by atoms with E-state index in [-0.39, 0.29) is 22.8 Å². The maximum atomic E-state index is 12.0. The van der Waals surface area contributed by atoms with Crippen molar-refractivity contribution in [1.82, 2.24) is 15.3 Å². The standard InChI is InChI=1S/C12H16ClN3OS/c1-2-18-10-5-3-4-8(10)16-12(17)9-6-14-7-11(13)15-9/h6-8,10H,2-5H2,1H3,(H,16,17). The molecule has 2 rings (SSSR count). The van der Waals surface area contributed by atoms with Crippen LogP contribution in [-0.4, -0.2) is 32.9 Å². The predicted molar refractivity (Wildman–Crippen MR) is 74.1 cm³/mol. The minimum Gasteiger partial charge on any atom is -0.347 e. The van der Waals surface area contributed by atoms with Crippen LogP contribution < -0.4 is 5.32 Å². The van der Waals surface area contributed by atoms with E-state index in [0.717, 1.165) is 12.2 Å². The summed E-state index contributed by atoms with van der Waals surface area (Å²) in [6, 6.07) is 0.239. The van der Waals surface area contributed by atoms with E-state index < -0.39 is 0 Å². The molecule has 4 nitrogen and oxygen atoms in total. The van der Waals surface area contributed by atoms with Gasteiger partial charge in [0.15, 0.2) is 0 Å². The number of halogens is 1. The molecule has 2 atom stereocenters.